The van der Waals surface area contributed by atoms with Crippen LogP contribution in [0.4, 0.5) is 0 Å². The van der Waals surface area contributed by atoms with Crippen LogP contribution in [0, 0.1) is 0 Å². The van der Waals surface area contributed by atoms with Crippen LogP contribution in [0.25, 0.3) is 11.1 Å². The minimum Gasteiger partial charge on any atom is -0.416 e. The highest BCUT2D eigenvalue weighted by Gasteiger charge is 2.28. The lowest BCUT2D eigenvalue weighted by molar-refractivity contribution is 0.666. The fourth-order valence-electron chi connectivity index (χ4n) is 1.80. The van der Waals surface area contributed by atoms with Gasteiger partial charge in [-0.2, -0.15) is 0 Å². The lowest BCUT2D eigenvalue weighted by Gasteiger charge is -2.19. The van der Waals surface area contributed by atoms with Crippen molar-refractivity contribution in [3.8, 4) is 22.6 Å². The Morgan fingerprint density at radius 2 is 0.583 bits per heavy atom. The van der Waals surface area contributed by atoms with E-state index in [1.165, 1.54) is 0 Å². The number of rotatable bonds is 3. The first-order valence-corrected chi connectivity index (χ1v) is 13.1. The first kappa shape index (κ1) is 23.1. The molecule has 0 aliphatic carbocycles. The predicted octanol–water partition coefficient (Wildman–Crippen LogP) is 10.8. The number of hydrogen-bond donors (Lipinski definition) is 0. The van der Waals surface area contributed by atoms with Crippen LogP contribution in [0.15, 0.2) is 35.8 Å². The van der Waals surface area contributed by atoms with Crippen LogP contribution >= 0.6 is 160 Å². The van der Waals surface area contributed by atoms with Crippen molar-refractivity contribution >= 4 is 160 Å². The second kappa shape index (κ2) is 9.56. The number of hydrogen-bond acceptors (Lipinski definition) is 2. The molecule has 12 heteroatoms. The van der Waals surface area contributed by atoms with E-state index < -0.39 is 0 Å². The van der Waals surface area contributed by atoms with Crippen molar-refractivity contribution in [2.45, 2.75) is 0 Å². The molecule has 0 saturated carbocycles. The zero-order chi connectivity index (χ0) is 18.3. The Morgan fingerprint density at radius 3 is 0.750 bits per heavy atom. The van der Waals surface area contributed by atoms with Gasteiger partial charge in [0.15, 0.2) is 44.0 Å². The van der Waals surface area contributed by atoms with Gasteiger partial charge in [-0.25, -0.2) is 0 Å². The molecule has 0 unspecified atom stereocenters. The van der Waals surface area contributed by atoms with Gasteiger partial charge in [0.25, 0.3) is 0 Å². The first-order chi connectivity index (χ1) is 11.2. The van der Waals surface area contributed by atoms with E-state index in [-0.39, 0.29) is 0 Å². The van der Waals surface area contributed by atoms with Crippen LogP contribution in [0.1, 0.15) is 0 Å². The maximum Gasteiger partial charge on any atom is 0.179 e. The molecule has 0 atom stereocenters. The van der Waals surface area contributed by atoms with Crippen LogP contribution in [0.3, 0.4) is 0 Å². The topological polar surface area (TPSA) is 18.5 Å². The molecule has 0 heterocycles. The molecule has 0 aliphatic heterocycles. The molecule has 0 fully saturated rings. The summed E-state index contributed by atoms with van der Waals surface area (Å²) in [5, 5.41) is 0. The van der Waals surface area contributed by atoms with E-state index in [0.717, 1.165) is 46.9 Å². The average molecular weight is 975 g/mol. The molecule has 2 nitrogen and oxygen atoms in total. The average Bonchev–Trinajstić information content (AvgIpc) is 2.55. The SMILES string of the molecule is BrOc1c(Br)c(Br)c(-c2c(Br)c(Br)c(OBr)c(Br)c2Br)c(Br)c1Br. The summed E-state index contributed by atoms with van der Waals surface area (Å²) in [4.78, 5) is 0. The van der Waals surface area contributed by atoms with Gasteiger partial charge in [-0.1, -0.05) is 0 Å². The van der Waals surface area contributed by atoms with Crippen molar-refractivity contribution in [3.05, 3.63) is 35.8 Å². The summed E-state index contributed by atoms with van der Waals surface area (Å²) in [6.45, 7) is 0. The summed E-state index contributed by atoms with van der Waals surface area (Å²) < 4.78 is 16.7. The predicted molar refractivity (Wildman–Crippen MR) is 133 cm³/mol. The minimum atomic E-state index is 0.600. The Hall–Kier alpha value is 2.84. The van der Waals surface area contributed by atoms with Gasteiger partial charge in [0.05, 0.1) is 17.9 Å². The highest BCUT2D eigenvalue weighted by Crippen LogP contribution is 2.57. The van der Waals surface area contributed by atoms with E-state index in [1.54, 1.807) is 0 Å². The molecule has 0 aromatic heterocycles. The molecule has 2 rings (SSSR count). The second-order valence-electron chi connectivity index (χ2n) is 4.07. The zero-order valence-corrected chi connectivity index (χ0v) is 26.5. The van der Waals surface area contributed by atoms with Crippen molar-refractivity contribution in [1.29, 1.82) is 0 Å². The lowest BCUT2D eigenvalue weighted by Crippen LogP contribution is -1.94. The number of halogens is 10. The summed E-state index contributed by atoms with van der Waals surface area (Å²) in [7, 11) is 0. The van der Waals surface area contributed by atoms with E-state index in [4.69, 9.17) is 7.66 Å². The standard InChI is InChI=1S/C12Br10O2/c13-3-1(4(14)8(18)11(23-21)7(3)17)2-5(15)9(19)12(24-22)10(20)6(2)16. The zero-order valence-electron chi connectivity index (χ0n) is 10.6. The van der Waals surface area contributed by atoms with Crippen LogP contribution in [0.2, 0.25) is 0 Å². The van der Waals surface area contributed by atoms with Crippen molar-refractivity contribution in [1.82, 2.24) is 0 Å². The van der Waals surface area contributed by atoms with Crippen molar-refractivity contribution in [3.63, 3.8) is 0 Å². The van der Waals surface area contributed by atoms with Gasteiger partial charge < -0.3 is 7.66 Å². The molecule has 0 saturated heterocycles. The Kier molecular flexibility index (Phi) is 9.21. The molecule has 2 aromatic carbocycles. The highest BCUT2D eigenvalue weighted by atomic mass is 79.9. The Bertz CT molecular complexity index is 708. The van der Waals surface area contributed by atoms with Gasteiger partial charge in [-0.15, -0.1) is 0 Å². The monoisotopic (exact) mass is 965 g/mol. The van der Waals surface area contributed by atoms with Crippen LogP contribution in [-0.4, -0.2) is 0 Å². The maximum absolute atomic E-state index is 5.26. The molecule has 24 heavy (non-hydrogen) atoms. The van der Waals surface area contributed by atoms with E-state index in [9.17, 15) is 0 Å². The van der Waals surface area contributed by atoms with Gasteiger partial charge in [-0.3, -0.25) is 0 Å². The van der Waals surface area contributed by atoms with Gasteiger partial charge in [0.2, 0.25) is 0 Å². The molecule has 2 aromatic rings. The molecule has 0 aliphatic rings. The van der Waals surface area contributed by atoms with E-state index >= 15 is 0 Å². The third-order valence-corrected chi connectivity index (χ3v) is 11.8. The van der Waals surface area contributed by atoms with Gasteiger partial charge >= 0.3 is 0 Å². The molecular formula is C12Br10O2. The maximum atomic E-state index is 5.26. The van der Waals surface area contributed by atoms with Crippen LogP contribution in [0.5, 0.6) is 11.5 Å². The molecule has 130 valence electrons. The molecule has 0 spiro atoms. The van der Waals surface area contributed by atoms with Gasteiger partial charge in [0, 0.05) is 29.0 Å². The third-order valence-electron chi connectivity index (χ3n) is 2.85. The summed E-state index contributed by atoms with van der Waals surface area (Å²) in [5.41, 5.74) is 1.78. The molecule has 0 N–H and O–H groups in total. The fourth-order valence-corrected chi connectivity index (χ4v) is 8.59. The molecular weight excluding hydrogens is 975 g/mol. The quantitative estimate of drug-likeness (QED) is 0.286. The summed E-state index contributed by atoms with van der Waals surface area (Å²) in [5.74, 6) is 1.20. The second-order valence-corrected chi connectivity index (χ2v) is 11.1. The highest BCUT2D eigenvalue weighted by molar-refractivity contribution is 9.14. The van der Waals surface area contributed by atoms with Gasteiger partial charge in [0.1, 0.15) is 0 Å². The Labute approximate surface area is 222 Å². The molecule has 0 bridgehead atoms. The lowest BCUT2D eigenvalue weighted by atomic mass is 10.1. The summed E-state index contributed by atoms with van der Waals surface area (Å²) in [6, 6.07) is 0. The summed E-state index contributed by atoms with van der Waals surface area (Å²) in [6.07, 6.45) is 0. The van der Waals surface area contributed by atoms with E-state index in [0.29, 0.717) is 11.5 Å². The normalized spacial score (nSPS) is 10.9. The van der Waals surface area contributed by atoms with Crippen molar-refractivity contribution in [2.75, 3.05) is 0 Å². The first-order valence-electron chi connectivity index (χ1n) is 5.48. The third kappa shape index (κ3) is 4.08. The van der Waals surface area contributed by atoms with E-state index in [1.807, 2.05) is 0 Å². The van der Waals surface area contributed by atoms with Crippen molar-refractivity contribution in [2.24, 2.45) is 0 Å². The Morgan fingerprint density at radius 1 is 0.375 bits per heavy atom. The van der Waals surface area contributed by atoms with Crippen LogP contribution < -0.4 is 7.66 Å². The fraction of sp³-hybridized carbons (Fsp3) is 0. The Balaban J connectivity index is 2.99. The van der Waals surface area contributed by atoms with Gasteiger partial charge in [-0.05, 0) is 127 Å². The number of benzene rings is 2. The largest absolute Gasteiger partial charge is 0.416 e. The van der Waals surface area contributed by atoms with Crippen molar-refractivity contribution < 1.29 is 7.66 Å². The van der Waals surface area contributed by atoms with Crippen LogP contribution in [-0.2, 0) is 0 Å². The molecule has 0 amide bonds. The van der Waals surface area contributed by atoms with E-state index in [2.05, 4.69) is 160 Å². The minimum absolute atomic E-state index is 0.600. The molecule has 0 radical (unpaired) electrons. The summed E-state index contributed by atoms with van der Waals surface area (Å²) >= 11 is 34.8. The smallest absolute Gasteiger partial charge is 0.179 e.